The van der Waals surface area contributed by atoms with Gasteiger partial charge in [0.15, 0.2) is 5.78 Å². The molecule has 8 heteroatoms. The van der Waals surface area contributed by atoms with Crippen LogP contribution in [0, 0.1) is 68.0 Å². The van der Waals surface area contributed by atoms with Crippen molar-refractivity contribution in [2.45, 2.75) is 146 Å². The molecule has 6 aliphatic rings. The molecule has 0 radical (unpaired) electrons. The number of carboxylic acid groups (broad SMARTS) is 1. The molecule has 5 saturated carbocycles. The Balaban J connectivity index is 1.12. The Morgan fingerprint density at radius 1 is 0.942 bits per heavy atom. The van der Waals surface area contributed by atoms with Gasteiger partial charge < -0.3 is 19.7 Å². The number of rotatable bonds is 9. The van der Waals surface area contributed by atoms with Gasteiger partial charge in [0.05, 0.1) is 18.4 Å². The minimum Gasteiger partial charge on any atom is -0.481 e. The molecule has 8 nitrogen and oxygen atoms in total. The van der Waals surface area contributed by atoms with E-state index in [9.17, 15) is 19.5 Å². The number of carboxylic acids is 1. The van der Waals surface area contributed by atoms with Crippen LogP contribution >= 0.6 is 0 Å². The Hall–Kier alpha value is -2.48. The van der Waals surface area contributed by atoms with E-state index in [1.165, 1.54) is 19.3 Å². The summed E-state index contributed by atoms with van der Waals surface area (Å²) in [5, 5.41) is 13.3. The van der Waals surface area contributed by atoms with Crippen LogP contribution in [0.1, 0.15) is 139 Å². The van der Waals surface area contributed by atoms with E-state index in [2.05, 4.69) is 63.3 Å². The number of aromatic nitrogens is 2. The van der Waals surface area contributed by atoms with E-state index in [0.29, 0.717) is 36.4 Å². The van der Waals surface area contributed by atoms with Crippen molar-refractivity contribution in [3.8, 4) is 0 Å². The van der Waals surface area contributed by atoms with Crippen LogP contribution in [0.15, 0.2) is 23.5 Å². The van der Waals surface area contributed by atoms with Gasteiger partial charge in [0.2, 0.25) is 0 Å². The molecule has 6 aliphatic carbocycles. The zero-order valence-electron chi connectivity index (χ0n) is 33.9. The van der Waals surface area contributed by atoms with Gasteiger partial charge in [-0.05, 0) is 122 Å². The molecular formula is C44H67N3O5. The monoisotopic (exact) mass is 718 g/mol. The number of esters is 1. The van der Waals surface area contributed by atoms with Crippen LogP contribution in [0.2, 0.25) is 0 Å². The van der Waals surface area contributed by atoms with Crippen molar-refractivity contribution < 1.29 is 24.2 Å². The maximum absolute atomic E-state index is 14.0. The van der Waals surface area contributed by atoms with Crippen molar-refractivity contribution in [3.63, 3.8) is 0 Å². The highest BCUT2D eigenvalue weighted by Crippen LogP contribution is 2.77. The molecule has 7 rings (SSSR count). The van der Waals surface area contributed by atoms with Crippen molar-refractivity contribution >= 4 is 17.7 Å². The lowest BCUT2D eigenvalue weighted by atomic mass is 9.33. The Bertz CT molecular complexity index is 1660. The van der Waals surface area contributed by atoms with Gasteiger partial charge in [0.1, 0.15) is 11.9 Å². The molecule has 288 valence electrons. The lowest BCUT2D eigenvalue weighted by Crippen LogP contribution is -2.66. The van der Waals surface area contributed by atoms with E-state index >= 15 is 0 Å². The second-order valence-electron chi connectivity index (χ2n) is 20.6. The summed E-state index contributed by atoms with van der Waals surface area (Å²) in [6, 6.07) is 0. The lowest BCUT2D eigenvalue weighted by molar-refractivity contribution is -0.236. The van der Waals surface area contributed by atoms with E-state index in [1.54, 1.807) is 5.57 Å². The SMILES string of the molecule is CC(C)C1=C2[C@H]3CC[C@@H]4[C@@]5(C)CC[C@H](OC(=O)[C@H]6C[C@@H](C(=O)O)C6(C)C)C(C)(C)[C@@H]5CC[C@@]4(C)[C@]3(C)CC[C@@]2(CCNCc2nccn2C)CC1=O. The first-order valence-corrected chi connectivity index (χ1v) is 20.6. The molecule has 1 heterocycles. The number of ketones is 1. The maximum atomic E-state index is 14.0. The summed E-state index contributed by atoms with van der Waals surface area (Å²) in [7, 11) is 2.04. The lowest BCUT2D eigenvalue weighted by Gasteiger charge is -2.72. The number of hydrogen-bond donors (Lipinski definition) is 2. The standard InChI is InChI=1S/C44H67N3O5/c1-26(2)35-30(48)24-44(19-20-45-25-34-46-21-22-47(34)10)18-17-42(8)27(36(35)44)11-12-32-41(7)15-14-33(40(5,6)31(41)13-16-43(32,42)9)52-38(51)29-23-28(37(49)50)39(29,3)4/h21-22,26-29,31-33,45H,11-20,23-25H2,1-10H3,(H,49,50)/t27-,28+,29-,31+,32-,33+,41+,42-,43-,44-/m1/s1. The predicted molar refractivity (Wildman–Crippen MR) is 202 cm³/mol. The molecule has 0 spiro atoms. The second-order valence-corrected chi connectivity index (χ2v) is 20.6. The first-order chi connectivity index (χ1) is 24.2. The fraction of sp³-hybridized carbons (Fsp3) is 0.818. The minimum atomic E-state index is -0.815. The van der Waals surface area contributed by atoms with Crippen molar-refractivity contribution in [2.75, 3.05) is 6.54 Å². The highest BCUT2D eigenvalue weighted by Gasteiger charge is 2.70. The molecular weight excluding hydrogens is 651 g/mol. The maximum Gasteiger partial charge on any atom is 0.309 e. The van der Waals surface area contributed by atoms with Crippen LogP contribution in [0.5, 0.6) is 0 Å². The summed E-state index contributed by atoms with van der Waals surface area (Å²) in [5.41, 5.74) is 2.34. The normalized spacial score (nSPS) is 41.8. The number of carbonyl (C=O) groups excluding carboxylic acids is 2. The van der Waals surface area contributed by atoms with Crippen LogP contribution in [-0.4, -0.2) is 45.0 Å². The van der Waals surface area contributed by atoms with E-state index in [1.807, 2.05) is 33.3 Å². The van der Waals surface area contributed by atoms with Crippen LogP contribution < -0.4 is 5.32 Å². The Morgan fingerprint density at radius 2 is 1.67 bits per heavy atom. The number of nitrogens with zero attached hydrogens (tertiary/aromatic N) is 2. The van der Waals surface area contributed by atoms with Crippen LogP contribution in [0.4, 0.5) is 0 Å². The van der Waals surface area contributed by atoms with Crippen LogP contribution in [-0.2, 0) is 32.7 Å². The van der Waals surface area contributed by atoms with Gasteiger partial charge >= 0.3 is 11.9 Å². The minimum absolute atomic E-state index is 0.0385. The summed E-state index contributed by atoms with van der Waals surface area (Å²) in [5.74, 6) is 1.27. The average Bonchev–Trinajstić information content (AvgIpc) is 3.59. The summed E-state index contributed by atoms with van der Waals surface area (Å²) >= 11 is 0. The number of aryl methyl sites for hydroxylation is 1. The molecule has 0 unspecified atom stereocenters. The molecule has 5 fully saturated rings. The Kier molecular flexibility index (Phi) is 9.11. The van der Waals surface area contributed by atoms with Gasteiger partial charge in [-0.15, -0.1) is 0 Å². The zero-order valence-corrected chi connectivity index (χ0v) is 33.9. The fourth-order valence-corrected chi connectivity index (χ4v) is 14.3. The number of nitrogens with one attached hydrogen (secondary N) is 1. The summed E-state index contributed by atoms with van der Waals surface area (Å²) in [6.07, 6.45) is 14.6. The number of carbonyl (C=O) groups is 3. The van der Waals surface area contributed by atoms with Crippen molar-refractivity contribution in [3.05, 3.63) is 29.4 Å². The van der Waals surface area contributed by atoms with Crippen LogP contribution in [0.25, 0.3) is 0 Å². The van der Waals surface area contributed by atoms with Gasteiger partial charge in [-0.1, -0.05) is 67.9 Å². The van der Waals surface area contributed by atoms with Gasteiger partial charge in [-0.25, -0.2) is 4.98 Å². The Labute approximate surface area is 312 Å². The van der Waals surface area contributed by atoms with E-state index in [4.69, 9.17) is 4.74 Å². The topological polar surface area (TPSA) is 111 Å². The number of aliphatic carboxylic acids is 1. The number of ether oxygens (including phenoxy) is 1. The first kappa shape index (κ1) is 37.8. The van der Waals surface area contributed by atoms with Crippen molar-refractivity contribution in [1.82, 2.24) is 14.9 Å². The number of imidazole rings is 1. The number of hydrogen-bond acceptors (Lipinski definition) is 6. The molecule has 0 amide bonds. The third kappa shape index (κ3) is 5.28. The quantitative estimate of drug-likeness (QED) is 0.195. The smallest absolute Gasteiger partial charge is 0.309 e. The molecule has 10 atom stereocenters. The van der Waals surface area contributed by atoms with Gasteiger partial charge in [0, 0.05) is 36.7 Å². The number of fused-ring (bicyclic) bond motifs is 7. The largest absolute Gasteiger partial charge is 0.481 e. The summed E-state index contributed by atoms with van der Waals surface area (Å²) in [6.45, 7) is 22.4. The third-order valence-corrected chi connectivity index (χ3v) is 17.6. The van der Waals surface area contributed by atoms with Crippen molar-refractivity contribution in [2.24, 2.45) is 75.0 Å². The Morgan fingerprint density at radius 3 is 2.31 bits per heavy atom. The van der Waals surface area contributed by atoms with E-state index in [0.717, 1.165) is 63.0 Å². The molecule has 0 bridgehead atoms. The third-order valence-electron chi connectivity index (χ3n) is 17.6. The predicted octanol–water partition coefficient (Wildman–Crippen LogP) is 8.54. The molecule has 52 heavy (non-hydrogen) atoms. The first-order valence-electron chi connectivity index (χ1n) is 20.6. The summed E-state index contributed by atoms with van der Waals surface area (Å²) in [4.78, 5) is 43.9. The number of Topliss-reactive ketones (excluding diaryl/α,β-unsaturated/α-hetero) is 1. The van der Waals surface area contributed by atoms with Gasteiger partial charge in [-0.3, -0.25) is 14.4 Å². The summed E-state index contributed by atoms with van der Waals surface area (Å²) < 4.78 is 8.50. The molecule has 2 N–H and O–H groups in total. The highest BCUT2D eigenvalue weighted by atomic mass is 16.5. The zero-order chi connectivity index (χ0) is 37.8. The molecule has 1 aromatic heterocycles. The van der Waals surface area contributed by atoms with E-state index in [-0.39, 0.29) is 51.0 Å². The molecule has 0 aromatic carbocycles. The fourth-order valence-electron chi connectivity index (χ4n) is 14.3. The van der Waals surface area contributed by atoms with E-state index < -0.39 is 17.3 Å². The average molecular weight is 718 g/mol. The molecule has 0 saturated heterocycles. The van der Waals surface area contributed by atoms with Gasteiger partial charge in [0.25, 0.3) is 0 Å². The molecule has 0 aliphatic heterocycles. The van der Waals surface area contributed by atoms with Gasteiger partial charge in [-0.2, -0.15) is 0 Å². The number of allylic oxidation sites excluding steroid dienone is 2. The second kappa shape index (κ2) is 12.5. The molecule has 1 aromatic rings. The highest BCUT2D eigenvalue weighted by molar-refractivity contribution is 6.00. The van der Waals surface area contributed by atoms with Crippen molar-refractivity contribution in [1.29, 1.82) is 0 Å². The van der Waals surface area contributed by atoms with Crippen LogP contribution in [0.3, 0.4) is 0 Å².